The zero-order valence-electron chi connectivity index (χ0n) is 10.6. The molecule has 1 rings (SSSR count). The average Bonchev–Trinajstić information content (AvgIpc) is 2.60. The number of hydrogen-bond donors (Lipinski definition) is 2. The molecule has 6 nitrogen and oxygen atoms in total. The molecule has 1 amide bonds. The van der Waals surface area contributed by atoms with E-state index in [1.807, 2.05) is 20.8 Å². The number of amides is 1. The summed E-state index contributed by atoms with van der Waals surface area (Å²) in [7, 11) is 1.77. The number of carbonyl (C=O) groups is 1. The number of rotatable bonds is 5. The third kappa shape index (κ3) is 3.62. The van der Waals surface area contributed by atoms with Crippen LogP contribution < -0.4 is 11.1 Å². The number of nitrogens with zero attached hydrogens (tertiary/aromatic N) is 3. The predicted octanol–water partition coefficient (Wildman–Crippen LogP) is 0.793. The second kappa shape index (κ2) is 5.90. The Morgan fingerprint density at radius 2 is 2.18 bits per heavy atom. The van der Waals surface area contributed by atoms with E-state index >= 15 is 0 Å². The second-order valence-electron chi connectivity index (χ2n) is 3.98. The van der Waals surface area contributed by atoms with Crippen molar-refractivity contribution in [3.63, 3.8) is 0 Å². The van der Waals surface area contributed by atoms with E-state index in [1.165, 1.54) is 11.8 Å². The molecule has 0 saturated carbocycles. The fraction of sp³-hybridized carbons (Fsp3) is 0.700. The summed E-state index contributed by atoms with van der Waals surface area (Å²) in [6, 6.07) is 0.190. The van der Waals surface area contributed by atoms with Gasteiger partial charge < -0.3 is 11.1 Å². The highest BCUT2D eigenvalue weighted by Crippen LogP contribution is 2.21. The quantitative estimate of drug-likeness (QED) is 0.762. The summed E-state index contributed by atoms with van der Waals surface area (Å²) in [4.78, 5) is 11.8. The number of nitrogens with two attached hydrogens (primary N) is 1. The number of carbonyl (C=O) groups excluding carboxylic acids is 1. The van der Waals surface area contributed by atoms with Crippen LogP contribution in [0.4, 0.5) is 5.95 Å². The average molecular weight is 257 g/mol. The Morgan fingerprint density at radius 1 is 1.53 bits per heavy atom. The van der Waals surface area contributed by atoms with E-state index in [4.69, 9.17) is 5.73 Å². The topological polar surface area (TPSA) is 85.8 Å². The number of nitrogen functional groups attached to an aromatic ring is 1. The molecule has 2 unspecified atom stereocenters. The Hall–Kier alpha value is -1.24. The summed E-state index contributed by atoms with van der Waals surface area (Å²) >= 11 is 1.35. The van der Waals surface area contributed by atoms with E-state index < -0.39 is 0 Å². The molecule has 3 N–H and O–H groups in total. The summed E-state index contributed by atoms with van der Waals surface area (Å²) in [5.74, 6) is 0.355. The van der Waals surface area contributed by atoms with Gasteiger partial charge in [-0.1, -0.05) is 18.7 Å². The molecule has 1 aromatic rings. The van der Waals surface area contributed by atoms with Gasteiger partial charge in [0.25, 0.3) is 0 Å². The van der Waals surface area contributed by atoms with E-state index in [-0.39, 0.29) is 17.2 Å². The van der Waals surface area contributed by atoms with E-state index in [1.54, 1.807) is 11.6 Å². The second-order valence-corrected chi connectivity index (χ2v) is 5.29. The number of thioether (sulfide) groups is 1. The lowest BCUT2D eigenvalue weighted by atomic mass is 10.2. The molecule has 0 aromatic carbocycles. The standard InChI is InChI=1S/C10H19N5OS/c1-5-6(2)12-8(16)7(3)17-10-14-13-9(11)15(10)4/h6-7H,5H2,1-4H3,(H2,11,13)(H,12,16). The Morgan fingerprint density at radius 3 is 2.65 bits per heavy atom. The first-order chi connectivity index (χ1) is 7.95. The molecule has 0 aliphatic heterocycles. The van der Waals surface area contributed by atoms with Crippen molar-refractivity contribution in [2.75, 3.05) is 5.73 Å². The van der Waals surface area contributed by atoms with Gasteiger partial charge in [-0.15, -0.1) is 10.2 Å². The van der Waals surface area contributed by atoms with Crippen LogP contribution >= 0.6 is 11.8 Å². The number of aromatic nitrogens is 3. The summed E-state index contributed by atoms with van der Waals surface area (Å²) in [5.41, 5.74) is 5.57. The monoisotopic (exact) mass is 257 g/mol. The SMILES string of the molecule is CCC(C)NC(=O)C(C)Sc1nnc(N)n1C. The van der Waals surface area contributed by atoms with Gasteiger partial charge in [0.05, 0.1) is 5.25 Å². The minimum Gasteiger partial charge on any atom is -0.368 e. The van der Waals surface area contributed by atoms with Crippen LogP contribution in [0.1, 0.15) is 27.2 Å². The van der Waals surface area contributed by atoms with Crippen LogP contribution in [0.15, 0.2) is 5.16 Å². The third-order valence-electron chi connectivity index (χ3n) is 2.52. The molecule has 96 valence electrons. The lowest BCUT2D eigenvalue weighted by Gasteiger charge is -2.15. The maximum Gasteiger partial charge on any atom is 0.233 e. The van der Waals surface area contributed by atoms with Gasteiger partial charge >= 0.3 is 0 Å². The molecule has 7 heteroatoms. The van der Waals surface area contributed by atoms with E-state index in [2.05, 4.69) is 15.5 Å². The third-order valence-corrected chi connectivity index (χ3v) is 3.65. The van der Waals surface area contributed by atoms with Gasteiger partial charge in [0, 0.05) is 13.1 Å². The lowest BCUT2D eigenvalue weighted by molar-refractivity contribution is -0.120. The predicted molar refractivity (Wildman–Crippen MR) is 68.6 cm³/mol. The lowest BCUT2D eigenvalue weighted by Crippen LogP contribution is -2.37. The van der Waals surface area contributed by atoms with Gasteiger partial charge in [0.15, 0.2) is 5.16 Å². The fourth-order valence-electron chi connectivity index (χ4n) is 1.10. The molecule has 1 aromatic heterocycles. The summed E-state index contributed by atoms with van der Waals surface area (Å²) < 4.78 is 1.66. The van der Waals surface area contributed by atoms with Crippen molar-refractivity contribution in [3.8, 4) is 0 Å². The van der Waals surface area contributed by atoms with Gasteiger partial charge in [-0.05, 0) is 20.3 Å². The molecule has 0 spiro atoms. The van der Waals surface area contributed by atoms with Crippen LogP contribution in [-0.2, 0) is 11.8 Å². The van der Waals surface area contributed by atoms with Crippen molar-refractivity contribution >= 4 is 23.6 Å². The van der Waals surface area contributed by atoms with Crippen LogP contribution in [0, 0.1) is 0 Å². The van der Waals surface area contributed by atoms with Gasteiger partial charge in [0.2, 0.25) is 11.9 Å². The van der Waals surface area contributed by atoms with Crippen LogP contribution in [0.5, 0.6) is 0 Å². The Kier molecular flexibility index (Phi) is 4.80. The van der Waals surface area contributed by atoms with Crippen LogP contribution in [0.2, 0.25) is 0 Å². The largest absolute Gasteiger partial charge is 0.368 e. The first kappa shape index (κ1) is 13.8. The smallest absolute Gasteiger partial charge is 0.233 e. The van der Waals surface area contributed by atoms with Gasteiger partial charge in [-0.25, -0.2) is 0 Å². The van der Waals surface area contributed by atoms with Crippen molar-refractivity contribution in [1.29, 1.82) is 0 Å². The zero-order chi connectivity index (χ0) is 13.0. The van der Waals surface area contributed by atoms with Crippen molar-refractivity contribution < 1.29 is 4.79 Å². The van der Waals surface area contributed by atoms with Crippen LogP contribution in [0.3, 0.4) is 0 Å². The van der Waals surface area contributed by atoms with Gasteiger partial charge in [-0.3, -0.25) is 9.36 Å². The zero-order valence-corrected chi connectivity index (χ0v) is 11.4. The number of anilines is 1. The molecule has 2 atom stereocenters. The van der Waals surface area contributed by atoms with Gasteiger partial charge in [-0.2, -0.15) is 0 Å². The summed E-state index contributed by atoms with van der Waals surface area (Å²) in [6.07, 6.45) is 0.917. The Labute approximate surface area is 105 Å². The summed E-state index contributed by atoms with van der Waals surface area (Å²) in [6.45, 7) is 5.86. The fourth-order valence-corrected chi connectivity index (χ4v) is 1.93. The maximum absolute atomic E-state index is 11.8. The van der Waals surface area contributed by atoms with Gasteiger partial charge in [0.1, 0.15) is 0 Å². The molecule has 0 aliphatic carbocycles. The van der Waals surface area contributed by atoms with Crippen molar-refractivity contribution in [2.45, 2.75) is 43.6 Å². The number of hydrogen-bond acceptors (Lipinski definition) is 5. The van der Waals surface area contributed by atoms with E-state index in [0.717, 1.165) is 6.42 Å². The normalized spacial score (nSPS) is 14.4. The highest BCUT2D eigenvalue weighted by Gasteiger charge is 2.18. The summed E-state index contributed by atoms with van der Waals surface area (Å²) in [5, 5.41) is 11.0. The number of nitrogens with one attached hydrogen (secondary N) is 1. The molecule has 0 bridgehead atoms. The molecule has 0 saturated heterocycles. The minimum atomic E-state index is -0.216. The molecule has 0 aliphatic rings. The van der Waals surface area contributed by atoms with Crippen molar-refractivity contribution in [2.24, 2.45) is 7.05 Å². The highest BCUT2D eigenvalue weighted by molar-refractivity contribution is 8.00. The van der Waals surface area contributed by atoms with Crippen LogP contribution in [0.25, 0.3) is 0 Å². The molecule has 17 heavy (non-hydrogen) atoms. The highest BCUT2D eigenvalue weighted by atomic mass is 32.2. The first-order valence-corrected chi connectivity index (χ1v) is 6.45. The molecular formula is C10H19N5OS. The maximum atomic E-state index is 11.8. The minimum absolute atomic E-state index is 0.00548. The van der Waals surface area contributed by atoms with Crippen LogP contribution in [-0.4, -0.2) is 32.0 Å². The molecule has 0 radical (unpaired) electrons. The van der Waals surface area contributed by atoms with Crippen molar-refractivity contribution in [3.05, 3.63) is 0 Å². The molecule has 0 fully saturated rings. The van der Waals surface area contributed by atoms with E-state index in [0.29, 0.717) is 11.1 Å². The Balaban J connectivity index is 2.57. The Bertz CT molecular complexity index is 392. The van der Waals surface area contributed by atoms with E-state index in [9.17, 15) is 4.79 Å². The first-order valence-electron chi connectivity index (χ1n) is 5.57. The van der Waals surface area contributed by atoms with Crippen molar-refractivity contribution in [1.82, 2.24) is 20.1 Å². The molecular weight excluding hydrogens is 238 g/mol. The molecule has 1 heterocycles.